The van der Waals surface area contributed by atoms with Gasteiger partial charge in [0.1, 0.15) is 5.82 Å². The lowest BCUT2D eigenvalue weighted by Gasteiger charge is -2.40. The van der Waals surface area contributed by atoms with E-state index in [0.717, 1.165) is 36.2 Å². The number of nitrogens with zero attached hydrogens (tertiary/aromatic N) is 2. The van der Waals surface area contributed by atoms with Crippen molar-refractivity contribution in [2.45, 2.75) is 32.3 Å². The van der Waals surface area contributed by atoms with E-state index in [1.54, 1.807) is 7.11 Å². The molecule has 1 aromatic heterocycles. The Labute approximate surface area is 111 Å². The number of anilines is 1. The van der Waals surface area contributed by atoms with Gasteiger partial charge in [-0.1, -0.05) is 0 Å². The first-order valence-electron chi connectivity index (χ1n) is 5.96. The van der Waals surface area contributed by atoms with Crippen LogP contribution in [0.25, 0.3) is 0 Å². The van der Waals surface area contributed by atoms with Crippen LogP contribution in [0.2, 0.25) is 0 Å². The van der Waals surface area contributed by atoms with Crippen LogP contribution in [0.15, 0.2) is 16.7 Å². The van der Waals surface area contributed by atoms with Crippen LogP contribution in [0.4, 0.5) is 5.82 Å². The van der Waals surface area contributed by atoms with E-state index in [1.165, 1.54) is 5.56 Å². The number of rotatable bonds is 2. The van der Waals surface area contributed by atoms with Gasteiger partial charge in [-0.3, -0.25) is 0 Å². The molecule has 0 amide bonds. The number of methoxy groups -OCH3 is 1. The lowest BCUT2D eigenvalue weighted by atomic mass is 9.95. The van der Waals surface area contributed by atoms with E-state index in [4.69, 9.17) is 4.74 Å². The second kappa shape index (κ2) is 4.94. The average molecular weight is 299 g/mol. The quantitative estimate of drug-likeness (QED) is 0.839. The fraction of sp³-hybridized carbons (Fsp3) is 0.615. The van der Waals surface area contributed by atoms with Crippen molar-refractivity contribution in [3.8, 4) is 0 Å². The molecule has 2 heterocycles. The van der Waals surface area contributed by atoms with Crippen LogP contribution in [0.5, 0.6) is 0 Å². The molecule has 0 aromatic carbocycles. The highest BCUT2D eigenvalue weighted by Crippen LogP contribution is 2.31. The molecule has 0 bridgehead atoms. The maximum atomic E-state index is 5.61. The molecule has 1 atom stereocenters. The second-order valence-electron chi connectivity index (χ2n) is 5.00. The van der Waals surface area contributed by atoms with Crippen LogP contribution in [0, 0.1) is 6.92 Å². The van der Waals surface area contributed by atoms with Gasteiger partial charge in [-0.05, 0) is 54.2 Å². The summed E-state index contributed by atoms with van der Waals surface area (Å²) in [6.45, 7) is 6.17. The third-order valence-corrected chi connectivity index (χ3v) is 3.99. The molecule has 94 valence electrons. The minimum atomic E-state index is -0.0513. The molecule has 2 rings (SSSR count). The zero-order chi connectivity index (χ0) is 12.5. The SMILES string of the molecule is COC1(C)CCCN(c2ncc(C)cc2Br)C1. The first-order valence-corrected chi connectivity index (χ1v) is 6.76. The molecule has 0 N–H and O–H groups in total. The zero-order valence-electron chi connectivity index (χ0n) is 10.7. The molecule has 1 aliphatic rings. The van der Waals surface area contributed by atoms with Crippen molar-refractivity contribution in [3.63, 3.8) is 0 Å². The summed E-state index contributed by atoms with van der Waals surface area (Å²) in [5.74, 6) is 1.03. The third kappa shape index (κ3) is 2.80. The molecule has 0 spiro atoms. The van der Waals surface area contributed by atoms with Crippen LogP contribution >= 0.6 is 15.9 Å². The number of ether oxygens (including phenoxy) is 1. The molecule has 1 unspecified atom stereocenters. The summed E-state index contributed by atoms with van der Waals surface area (Å²) in [4.78, 5) is 6.83. The Balaban J connectivity index is 2.22. The van der Waals surface area contributed by atoms with Crippen molar-refractivity contribution in [2.24, 2.45) is 0 Å². The van der Waals surface area contributed by atoms with Gasteiger partial charge in [-0.25, -0.2) is 4.98 Å². The van der Waals surface area contributed by atoms with Crippen molar-refractivity contribution in [3.05, 3.63) is 22.3 Å². The average Bonchev–Trinajstić information content (AvgIpc) is 2.29. The van der Waals surface area contributed by atoms with E-state index in [0.29, 0.717) is 0 Å². The summed E-state index contributed by atoms with van der Waals surface area (Å²) in [7, 11) is 1.79. The highest BCUT2D eigenvalue weighted by molar-refractivity contribution is 9.10. The summed E-state index contributed by atoms with van der Waals surface area (Å²) in [5, 5.41) is 0. The Morgan fingerprint density at radius 2 is 2.29 bits per heavy atom. The predicted octanol–water partition coefficient (Wildman–Crippen LogP) is 3.16. The van der Waals surface area contributed by atoms with Gasteiger partial charge in [0.25, 0.3) is 0 Å². The molecule has 17 heavy (non-hydrogen) atoms. The molecular formula is C13H19BrN2O. The molecule has 1 saturated heterocycles. The molecule has 1 aromatic rings. The maximum Gasteiger partial charge on any atom is 0.142 e. The molecule has 1 fully saturated rings. The molecule has 0 aliphatic carbocycles. The van der Waals surface area contributed by atoms with Gasteiger partial charge < -0.3 is 9.64 Å². The van der Waals surface area contributed by atoms with E-state index >= 15 is 0 Å². The Bertz CT molecular complexity index is 410. The van der Waals surface area contributed by atoms with Gasteiger partial charge in [0.05, 0.1) is 10.1 Å². The minimum absolute atomic E-state index is 0.0513. The highest BCUT2D eigenvalue weighted by atomic mass is 79.9. The number of pyridine rings is 1. The number of hydrogen-bond donors (Lipinski definition) is 0. The minimum Gasteiger partial charge on any atom is -0.377 e. The Kier molecular flexibility index (Phi) is 3.73. The Morgan fingerprint density at radius 1 is 1.53 bits per heavy atom. The van der Waals surface area contributed by atoms with E-state index in [1.807, 2.05) is 6.20 Å². The van der Waals surface area contributed by atoms with Gasteiger partial charge in [0.2, 0.25) is 0 Å². The highest BCUT2D eigenvalue weighted by Gasteiger charge is 2.31. The summed E-state index contributed by atoms with van der Waals surface area (Å²) >= 11 is 3.60. The largest absolute Gasteiger partial charge is 0.377 e. The number of hydrogen-bond acceptors (Lipinski definition) is 3. The summed E-state index contributed by atoms with van der Waals surface area (Å²) in [5.41, 5.74) is 1.12. The fourth-order valence-corrected chi connectivity index (χ4v) is 3.03. The standard InChI is InChI=1S/C13H19BrN2O/c1-10-7-11(14)12(15-8-10)16-6-4-5-13(2,9-16)17-3/h7-8H,4-6,9H2,1-3H3. The number of piperidine rings is 1. The number of aryl methyl sites for hydroxylation is 1. The number of aromatic nitrogens is 1. The van der Waals surface area contributed by atoms with Crippen molar-refractivity contribution in [1.82, 2.24) is 4.98 Å². The summed E-state index contributed by atoms with van der Waals surface area (Å²) in [6, 6.07) is 2.11. The fourth-order valence-electron chi connectivity index (χ4n) is 2.31. The topological polar surface area (TPSA) is 25.4 Å². The molecule has 4 heteroatoms. The summed E-state index contributed by atoms with van der Waals surface area (Å²) in [6.07, 6.45) is 4.18. The van der Waals surface area contributed by atoms with Crippen molar-refractivity contribution < 1.29 is 4.74 Å². The van der Waals surface area contributed by atoms with E-state index in [9.17, 15) is 0 Å². The normalized spacial score (nSPS) is 25.1. The van der Waals surface area contributed by atoms with Gasteiger partial charge in [-0.15, -0.1) is 0 Å². The third-order valence-electron chi connectivity index (χ3n) is 3.41. The van der Waals surface area contributed by atoms with Crippen molar-refractivity contribution in [2.75, 3.05) is 25.1 Å². The summed E-state index contributed by atoms with van der Waals surface area (Å²) < 4.78 is 6.68. The molecule has 0 radical (unpaired) electrons. The van der Waals surface area contributed by atoms with Crippen molar-refractivity contribution >= 4 is 21.7 Å². The molecule has 0 saturated carbocycles. The van der Waals surface area contributed by atoms with Crippen LogP contribution in [0.3, 0.4) is 0 Å². The first-order chi connectivity index (χ1) is 8.04. The predicted molar refractivity (Wildman–Crippen MR) is 73.5 cm³/mol. The van der Waals surface area contributed by atoms with Crippen LogP contribution in [-0.2, 0) is 4.74 Å². The van der Waals surface area contributed by atoms with Gasteiger partial charge in [0.15, 0.2) is 0 Å². The Morgan fingerprint density at radius 3 is 2.94 bits per heavy atom. The van der Waals surface area contributed by atoms with Crippen LogP contribution in [-0.4, -0.2) is 30.8 Å². The monoisotopic (exact) mass is 298 g/mol. The lowest BCUT2D eigenvalue weighted by molar-refractivity contribution is -0.00484. The lowest BCUT2D eigenvalue weighted by Crippen LogP contribution is -2.47. The van der Waals surface area contributed by atoms with Gasteiger partial charge in [-0.2, -0.15) is 0 Å². The van der Waals surface area contributed by atoms with E-state index in [-0.39, 0.29) is 5.60 Å². The van der Waals surface area contributed by atoms with Crippen LogP contribution in [0.1, 0.15) is 25.3 Å². The van der Waals surface area contributed by atoms with Crippen LogP contribution < -0.4 is 4.90 Å². The van der Waals surface area contributed by atoms with E-state index < -0.39 is 0 Å². The molecular weight excluding hydrogens is 280 g/mol. The maximum absolute atomic E-state index is 5.61. The van der Waals surface area contributed by atoms with E-state index in [2.05, 4.69) is 45.7 Å². The molecule has 1 aliphatic heterocycles. The smallest absolute Gasteiger partial charge is 0.142 e. The van der Waals surface area contributed by atoms with Crippen molar-refractivity contribution in [1.29, 1.82) is 0 Å². The zero-order valence-corrected chi connectivity index (χ0v) is 12.2. The second-order valence-corrected chi connectivity index (χ2v) is 5.85. The molecule has 3 nitrogen and oxygen atoms in total. The first kappa shape index (κ1) is 12.8. The number of halogens is 1. The Hall–Kier alpha value is -0.610. The van der Waals surface area contributed by atoms with Gasteiger partial charge >= 0.3 is 0 Å². The van der Waals surface area contributed by atoms with Gasteiger partial charge in [0, 0.05) is 26.4 Å².